The number of esters is 1. The maximum atomic E-state index is 13.0. The zero-order chi connectivity index (χ0) is 23.8. The molecule has 0 unspecified atom stereocenters. The quantitative estimate of drug-likeness (QED) is 0.426. The zero-order valence-electron chi connectivity index (χ0n) is 17.0. The Bertz CT molecular complexity index is 1320. The maximum Gasteiger partial charge on any atom is 0.416 e. The molecule has 0 saturated carbocycles. The van der Waals surface area contributed by atoms with Crippen molar-refractivity contribution in [2.75, 3.05) is 13.4 Å². The van der Waals surface area contributed by atoms with Gasteiger partial charge in [0.15, 0.2) is 23.9 Å². The third-order valence-corrected chi connectivity index (χ3v) is 4.75. The first-order chi connectivity index (χ1) is 15.6. The van der Waals surface area contributed by atoms with Crippen molar-refractivity contribution in [2.45, 2.75) is 13.1 Å². The Kier molecular flexibility index (Phi) is 5.62. The van der Waals surface area contributed by atoms with Crippen LogP contribution < -0.4 is 14.9 Å². The maximum absolute atomic E-state index is 13.0. The topological polar surface area (TPSA) is 96.7 Å². The molecule has 0 saturated heterocycles. The summed E-state index contributed by atoms with van der Waals surface area (Å²) in [5.41, 5.74) is -1.99. The number of fused-ring (bicyclic) bond motifs is 1. The fourth-order valence-corrected chi connectivity index (χ4v) is 3.12. The lowest BCUT2D eigenvalue weighted by Crippen LogP contribution is -2.25. The average molecular weight is 460 g/mol. The van der Waals surface area contributed by atoms with E-state index in [0.29, 0.717) is 11.5 Å². The van der Waals surface area contributed by atoms with Crippen LogP contribution in [0.5, 0.6) is 11.5 Å². The van der Waals surface area contributed by atoms with Crippen LogP contribution in [0, 0.1) is 6.92 Å². The summed E-state index contributed by atoms with van der Waals surface area (Å²) in [5.74, 6) is -0.902. The summed E-state index contributed by atoms with van der Waals surface area (Å²) in [6.07, 6.45) is -4.58. The molecule has 0 bridgehead atoms. The van der Waals surface area contributed by atoms with E-state index < -0.39 is 41.2 Å². The van der Waals surface area contributed by atoms with Crippen LogP contribution in [0.1, 0.15) is 32.1 Å². The van der Waals surface area contributed by atoms with Crippen LogP contribution in [0.3, 0.4) is 0 Å². The molecule has 2 heterocycles. The van der Waals surface area contributed by atoms with Gasteiger partial charge in [0.1, 0.15) is 0 Å². The summed E-state index contributed by atoms with van der Waals surface area (Å²) >= 11 is 0. The number of nitrogens with zero attached hydrogens (tertiary/aromatic N) is 2. The van der Waals surface area contributed by atoms with Gasteiger partial charge in [-0.2, -0.15) is 18.3 Å². The molecule has 1 aliphatic heterocycles. The fourth-order valence-electron chi connectivity index (χ4n) is 3.12. The molecular weight excluding hydrogens is 445 g/mol. The predicted octanol–water partition coefficient (Wildman–Crippen LogP) is 3.33. The summed E-state index contributed by atoms with van der Waals surface area (Å²) in [6, 6.07) is 9.73. The molecule has 170 valence electrons. The summed E-state index contributed by atoms with van der Waals surface area (Å²) in [6.45, 7) is 0.795. The number of alkyl halides is 3. The van der Waals surface area contributed by atoms with E-state index in [4.69, 9.17) is 14.2 Å². The highest BCUT2D eigenvalue weighted by atomic mass is 19.4. The molecule has 1 aromatic heterocycles. The Labute approximate surface area is 184 Å². The molecule has 0 amide bonds. The summed E-state index contributed by atoms with van der Waals surface area (Å²) < 4.78 is 55.4. The molecule has 0 fully saturated rings. The molecule has 4 rings (SSSR count). The molecule has 0 radical (unpaired) electrons. The van der Waals surface area contributed by atoms with E-state index in [2.05, 4.69) is 5.10 Å². The third-order valence-electron chi connectivity index (χ3n) is 4.75. The van der Waals surface area contributed by atoms with Gasteiger partial charge in [-0.25, -0.2) is 9.48 Å². The number of hydrogen-bond donors (Lipinski definition) is 0. The van der Waals surface area contributed by atoms with Gasteiger partial charge >= 0.3 is 12.1 Å². The number of carbonyl (C=O) groups is 2. The van der Waals surface area contributed by atoms with E-state index in [9.17, 15) is 27.6 Å². The molecule has 0 spiro atoms. The Morgan fingerprint density at radius 1 is 1.09 bits per heavy atom. The van der Waals surface area contributed by atoms with Gasteiger partial charge in [0.25, 0.3) is 0 Å². The van der Waals surface area contributed by atoms with Gasteiger partial charge in [-0.05, 0) is 43.3 Å². The number of carbonyl (C=O) groups excluding carboxylic acids is 2. The lowest BCUT2D eigenvalue weighted by atomic mass is 10.1. The molecule has 33 heavy (non-hydrogen) atoms. The molecule has 2 aromatic carbocycles. The predicted molar refractivity (Wildman–Crippen MR) is 107 cm³/mol. The minimum absolute atomic E-state index is 0.00666. The molecule has 0 aliphatic carbocycles. The van der Waals surface area contributed by atoms with Crippen molar-refractivity contribution in [1.29, 1.82) is 0 Å². The Morgan fingerprint density at radius 3 is 2.61 bits per heavy atom. The van der Waals surface area contributed by atoms with E-state index >= 15 is 0 Å². The highest BCUT2D eigenvalue weighted by Crippen LogP contribution is 2.32. The van der Waals surface area contributed by atoms with Gasteiger partial charge in [-0.1, -0.05) is 6.07 Å². The molecule has 0 atom stereocenters. The van der Waals surface area contributed by atoms with Crippen LogP contribution in [0.4, 0.5) is 13.2 Å². The number of aromatic nitrogens is 2. The van der Waals surface area contributed by atoms with Crippen molar-refractivity contribution in [3.63, 3.8) is 0 Å². The normalized spacial score (nSPS) is 12.5. The number of hydrogen-bond acceptors (Lipinski definition) is 7. The SMILES string of the molecule is Cc1cc(=O)c(C(=O)OCC(=O)c2ccc3c(c2)OCO3)nn1-c1cccc(C(F)(F)F)c1. The fraction of sp³-hybridized carbons (Fsp3) is 0.182. The van der Waals surface area contributed by atoms with Crippen LogP contribution in [-0.2, 0) is 10.9 Å². The van der Waals surface area contributed by atoms with Gasteiger partial charge in [-0.3, -0.25) is 9.59 Å². The highest BCUT2D eigenvalue weighted by Gasteiger charge is 2.31. The summed E-state index contributed by atoms with van der Waals surface area (Å²) in [7, 11) is 0. The van der Waals surface area contributed by atoms with Crippen LogP contribution in [-0.4, -0.2) is 34.9 Å². The molecule has 8 nitrogen and oxygen atoms in total. The lowest BCUT2D eigenvalue weighted by molar-refractivity contribution is -0.137. The van der Waals surface area contributed by atoms with Crippen molar-refractivity contribution in [3.8, 4) is 17.2 Å². The van der Waals surface area contributed by atoms with E-state index in [1.54, 1.807) is 0 Å². The third kappa shape index (κ3) is 4.56. The van der Waals surface area contributed by atoms with Crippen molar-refractivity contribution < 1.29 is 37.0 Å². The first kappa shape index (κ1) is 22.1. The Hall–Kier alpha value is -4.15. The smallest absolute Gasteiger partial charge is 0.416 e. The standard InChI is InChI=1S/C22H15F3N2O6/c1-12-7-16(28)20(26-27(12)15-4-2-3-14(9-15)22(23,24)25)21(30)31-10-17(29)13-5-6-18-19(8-13)33-11-32-18/h2-9H,10-11H2,1H3. The van der Waals surface area contributed by atoms with Crippen LogP contribution >= 0.6 is 0 Å². The first-order valence-corrected chi connectivity index (χ1v) is 9.52. The van der Waals surface area contributed by atoms with Crippen LogP contribution in [0.25, 0.3) is 5.69 Å². The van der Waals surface area contributed by atoms with Crippen LogP contribution in [0.15, 0.2) is 53.3 Å². The molecule has 1 aliphatic rings. The van der Waals surface area contributed by atoms with Gasteiger partial charge in [0.05, 0.1) is 11.3 Å². The van der Waals surface area contributed by atoms with E-state index in [1.165, 1.54) is 37.3 Å². The Morgan fingerprint density at radius 2 is 1.85 bits per heavy atom. The largest absolute Gasteiger partial charge is 0.454 e. The number of Topliss-reactive ketones (excluding diaryl/α,β-unsaturated/α-hetero) is 1. The second-order valence-corrected chi connectivity index (χ2v) is 7.03. The summed E-state index contributed by atoms with van der Waals surface area (Å²) in [4.78, 5) is 37.1. The highest BCUT2D eigenvalue weighted by molar-refractivity contribution is 5.99. The lowest BCUT2D eigenvalue weighted by Gasteiger charge is -2.13. The second-order valence-electron chi connectivity index (χ2n) is 7.03. The first-order valence-electron chi connectivity index (χ1n) is 9.52. The molecular formula is C22H15F3N2O6. The van der Waals surface area contributed by atoms with Crippen molar-refractivity contribution in [1.82, 2.24) is 9.78 Å². The second kappa shape index (κ2) is 8.41. The van der Waals surface area contributed by atoms with Crippen LogP contribution in [0.2, 0.25) is 0 Å². The monoisotopic (exact) mass is 460 g/mol. The zero-order valence-corrected chi connectivity index (χ0v) is 17.0. The number of aryl methyl sites for hydroxylation is 1. The van der Waals surface area contributed by atoms with Gasteiger partial charge < -0.3 is 14.2 Å². The van der Waals surface area contributed by atoms with Gasteiger partial charge in [0.2, 0.25) is 17.9 Å². The van der Waals surface area contributed by atoms with Crippen molar-refractivity contribution >= 4 is 11.8 Å². The minimum Gasteiger partial charge on any atom is -0.454 e. The summed E-state index contributed by atoms with van der Waals surface area (Å²) in [5, 5.41) is 3.88. The van der Waals surface area contributed by atoms with E-state index in [-0.39, 0.29) is 23.7 Å². The number of rotatable bonds is 5. The van der Waals surface area contributed by atoms with Gasteiger partial charge in [0, 0.05) is 17.3 Å². The van der Waals surface area contributed by atoms with E-state index in [1.807, 2.05) is 0 Å². The molecule has 11 heteroatoms. The molecule has 3 aromatic rings. The average Bonchev–Trinajstić information content (AvgIpc) is 3.25. The molecule has 0 N–H and O–H groups in total. The number of benzene rings is 2. The van der Waals surface area contributed by atoms with Crippen molar-refractivity contribution in [3.05, 3.63) is 81.3 Å². The number of halogens is 3. The van der Waals surface area contributed by atoms with E-state index in [0.717, 1.165) is 22.9 Å². The van der Waals surface area contributed by atoms with Crippen molar-refractivity contribution in [2.24, 2.45) is 0 Å². The Balaban J connectivity index is 1.55. The number of ketones is 1. The minimum atomic E-state index is -4.58. The van der Waals surface area contributed by atoms with Gasteiger partial charge in [-0.15, -0.1) is 0 Å². The number of ether oxygens (including phenoxy) is 3.